The smallest absolute Gasteiger partial charge is 0.338 e. The maximum absolute atomic E-state index is 15.4. The van der Waals surface area contributed by atoms with Crippen LogP contribution < -0.4 is 0 Å². The second-order valence-electron chi connectivity index (χ2n) is 7.92. The van der Waals surface area contributed by atoms with Gasteiger partial charge >= 0.3 is 11.9 Å². The predicted molar refractivity (Wildman–Crippen MR) is 138 cm³/mol. The van der Waals surface area contributed by atoms with Gasteiger partial charge in [0, 0.05) is 12.1 Å². The van der Waals surface area contributed by atoms with E-state index >= 15 is 4.39 Å². The molecule has 0 bridgehead atoms. The highest BCUT2D eigenvalue weighted by molar-refractivity contribution is 7.86. The molecule has 12 nitrogen and oxygen atoms in total. The second-order valence-corrected chi connectivity index (χ2v) is 9.49. The molecule has 210 valence electrons. The van der Waals surface area contributed by atoms with Crippen LogP contribution in [0.4, 0.5) is 10.1 Å². The Labute approximate surface area is 228 Å². The van der Waals surface area contributed by atoms with E-state index in [1.54, 1.807) is 24.3 Å². The number of rotatable bonds is 13. The van der Waals surface area contributed by atoms with Crippen molar-refractivity contribution in [1.82, 2.24) is 0 Å². The highest BCUT2D eigenvalue weighted by Gasteiger charge is 2.39. The van der Waals surface area contributed by atoms with Crippen LogP contribution >= 0.6 is 0 Å². The Bertz CT molecular complexity index is 1440. The molecule has 40 heavy (non-hydrogen) atoms. The lowest BCUT2D eigenvalue weighted by Crippen LogP contribution is -2.45. The van der Waals surface area contributed by atoms with E-state index in [0.29, 0.717) is 6.21 Å². The number of halogens is 1. The minimum absolute atomic E-state index is 0.0154. The fourth-order valence-electron chi connectivity index (χ4n) is 3.26. The monoisotopic (exact) mass is 574 g/mol. The van der Waals surface area contributed by atoms with Gasteiger partial charge in [-0.05, 0) is 36.4 Å². The minimum atomic E-state index is -4.76. The molecule has 14 heteroatoms. The van der Waals surface area contributed by atoms with Gasteiger partial charge in [-0.3, -0.25) is 14.3 Å². The summed E-state index contributed by atoms with van der Waals surface area (Å²) in [6.45, 7) is -0.881. The molecule has 0 aromatic heterocycles. The van der Waals surface area contributed by atoms with Gasteiger partial charge in [0.2, 0.25) is 0 Å². The van der Waals surface area contributed by atoms with Gasteiger partial charge in [-0.1, -0.05) is 41.6 Å². The normalized spacial score (nSPS) is 13.7. The van der Waals surface area contributed by atoms with E-state index in [4.69, 9.17) is 13.7 Å². The number of nitrogens with zero attached hydrogens (tertiary/aromatic N) is 2. The fourth-order valence-corrected chi connectivity index (χ4v) is 4.33. The van der Waals surface area contributed by atoms with E-state index < -0.39 is 56.9 Å². The molecule has 3 aromatic rings. The molecule has 3 aromatic carbocycles. The van der Waals surface area contributed by atoms with Gasteiger partial charge in [-0.2, -0.15) is 8.42 Å². The van der Waals surface area contributed by atoms with Crippen molar-refractivity contribution >= 4 is 34.0 Å². The molecule has 3 rings (SSSR count). The number of carbonyl (C=O) groups is 2. The van der Waals surface area contributed by atoms with Crippen LogP contribution in [0.25, 0.3) is 0 Å². The Kier molecular flexibility index (Phi) is 10.4. The van der Waals surface area contributed by atoms with Gasteiger partial charge in [0.25, 0.3) is 15.8 Å². The Morgan fingerprint density at radius 2 is 1.50 bits per heavy atom. The molecule has 0 amide bonds. The first-order valence-electron chi connectivity index (χ1n) is 11.5. The molecule has 0 saturated heterocycles. The van der Waals surface area contributed by atoms with Crippen LogP contribution in [0.3, 0.4) is 0 Å². The topological polar surface area (TPSA) is 161 Å². The first kappa shape index (κ1) is 29.9. The highest BCUT2D eigenvalue weighted by atomic mass is 32.2. The third-order valence-electron chi connectivity index (χ3n) is 5.22. The second kappa shape index (κ2) is 13.9. The SMILES string of the molecule is CO/N=C\[C@@H](F)[C@H](OC(=O)c1ccccc1)[C@@H](COC(=O)c1ccccc1)OS(=O)(=O)c1ccc([N+](=O)[O-])cc1. The van der Waals surface area contributed by atoms with Crippen LogP contribution in [0.2, 0.25) is 0 Å². The summed E-state index contributed by atoms with van der Waals surface area (Å²) < 4.78 is 57.2. The fraction of sp³-hybridized carbons (Fsp3) is 0.192. The molecule has 0 radical (unpaired) electrons. The quantitative estimate of drug-likeness (QED) is 0.0967. The Balaban J connectivity index is 1.96. The first-order valence-corrected chi connectivity index (χ1v) is 12.9. The maximum Gasteiger partial charge on any atom is 0.338 e. The number of alkyl halides is 1. The van der Waals surface area contributed by atoms with E-state index in [2.05, 4.69) is 9.99 Å². The average Bonchev–Trinajstić information content (AvgIpc) is 2.97. The molecular weight excluding hydrogens is 551 g/mol. The summed E-state index contributed by atoms with van der Waals surface area (Å²) >= 11 is 0. The summed E-state index contributed by atoms with van der Waals surface area (Å²) in [5.41, 5.74) is -0.266. The lowest BCUT2D eigenvalue weighted by Gasteiger charge is -2.27. The van der Waals surface area contributed by atoms with E-state index in [1.165, 1.54) is 36.4 Å². The number of benzene rings is 3. The van der Waals surface area contributed by atoms with Crippen LogP contribution in [0.1, 0.15) is 20.7 Å². The van der Waals surface area contributed by atoms with Crippen molar-refractivity contribution in [3.05, 3.63) is 106 Å². The summed E-state index contributed by atoms with van der Waals surface area (Å²) in [6, 6.07) is 18.8. The van der Waals surface area contributed by atoms with Crippen LogP contribution in [-0.2, 0) is 28.6 Å². The van der Waals surface area contributed by atoms with Crippen LogP contribution in [0.5, 0.6) is 0 Å². The van der Waals surface area contributed by atoms with Gasteiger partial charge in [-0.15, -0.1) is 0 Å². The van der Waals surface area contributed by atoms with Gasteiger partial charge in [-0.25, -0.2) is 14.0 Å². The van der Waals surface area contributed by atoms with E-state index in [-0.39, 0.29) is 16.8 Å². The largest absolute Gasteiger partial charge is 0.459 e. The number of nitro benzene ring substituents is 1. The van der Waals surface area contributed by atoms with Gasteiger partial charge in [0.15, 0.2) is 18.4 Å². The molecule has 0 fully saturated rings. The van der Waals surface area contributed by atoms with Gasteiger partial charge in [0.05, 0.1) is 27.2 Å². The minimum Gasteiger partial charge on any atom is -0.459 e. The summed E-state index contributed by atoms with van der Waals surface area (Å²) in [5.74, 6) is -1.93. The first-order chi connectivity index (χ1) is 19.1. The van der Waals surface area contributed by atoms with Gasteiger partial charge in [0.1, 0.15) is 13.7 Å². The van der Waals surface area contributed by atoms with Crippen molar-refractivity contribution < 1.29 is 45.8 Å². The molecule has 0 aliphatic heterocycles. The molecule has 0 unspecified atom stereocenters. The summed E-state index contributed by atoms with van der Waals surface area (Å²) in [6.07, 6.45) is -5.63. The van der Waals surface area contributed by atoms with Crippen LogP contribution in [-0.4, -0.2) is 63.6 Å². The summed E-state index contributed by atoms with van der Waals surface area (Å²) in [4.78, 5) is 39.5. The van der Waals surface area contributed by atoms with Crippen molar-refractivity contribution in [2.24, 2.45) is 5.16 Å². The maximum atomic E-state index is 15.4. The van der Waals surface area contributed by atoms with Crippen molar-refractivity contribution in [3.8, 4) is 0 Å². The van der Waals surface area contributed by atoms with Crippen LogP contribution in [0, 0.1) is 10.1 Å². The summed E-state index contributed by atoms with van der Waals surface area (Å²) in [5, 5.41) is 14.3. The molecule has 3 atom stereocenters. The molecular formula is C26H23FN2O10S. The number of nitro groups is 1. The Morgan fingerprint density at radius 3 is 2.02 bits per heavy atom. The van der Waals surface area contributed by atoms with Crippen molar-refractivity contribution in [2.75, 3.05) is 13.7 Å². The number of ether oxygens (including phenoxy) is 2. The van der Waals surface area contributed by atoms with E-state index in [9.17, 15) is 28.1 Å². The number of non-ortho nitro benzene ring substituents is 1. The van der Waals surface area contributed by atoms with Crippen molar-refractivity contribution in [1.29, 1.82) is 0 Å². The number of hydrogen-bond donors (Lipinski definition) is 0. The molecule has 0 N–H and O–H groups in total. The van der Waals surface area contributed by atoms with Crippen LogP contribution in [0.15, 0.2) is 95.0 Å². The number of esters is 2. The number of oxime groups is 1. The molecule has 0 saturated carbocycles. The number of carbonyl (C=O) groups excluding carboxylic acids is 2. The third kappa shape index (κ3) is 8.15. The van der Waals surface area contributed by atoms with E-state index in [0.717, 1.165) is 31.4 Å². The molecule has 0 heterocycles. The zero-order valence-corrected chi connectivity index (χ0v) is 21.7. The molecule has 0 spiro atoms. The molecule has 0 aliphatic rings. The zero-order chi connectivity index (χ0) is 29.1. The average molecular weight is 575 g/mol. The van der Waals surface area contributed by atoms with Crippen molar-refractivity contribution in [3.63, 3.8) is 0 Å². The highest BCUT2D eigenvalue weighted by Crippen LogP contribution is 2.23. The molecule has 0 aliphatic carbocycles. The van der Waals surface area contributed by atoms with Crippen molar-refractivity contribution in [2.45, 2.75) is 23.3 Å². The summed E-state index contributed by atoms with van der Waals surface area (Å²) in [7, 11) is -3.63. The van der Waals surface area contributed by atoms with Gasteiger partial charge < -0.3 is 14.3 Å². The lowest BCUT2D eigenvalue weighted by atomic mass is 10.1. The third-order valence-corrected chi connectivity index (χ3v) is 6.57. The van der Waals surface area contributed by atoms with E-state index in [1.807, 2.05) is 0 Å². The zero-order valence-electron chi connectivity index (χ0n) is 20.9. The Hall–Kier alpha value is -4.69. The predicted octanol–water partition coefficient (Wildman–Crippen LogP) is 3.72. The Morgan fingerprint density at radius 1 is 0.950 bits per heavy atom. The number of hydrogen-bond acceptors (Lipinski definition) is 11. The standard InChI is InChI=1S/C26H23FN2O10S/c1-36-28-16-22(27)24(38-26(31)19-10-6-3-7-11-19)23(17-37-25(30)18-8-4-2-5-9-18)39-40(34,35)21-14-12-20(13-15-21)29(32)33/h2-16,22-24H,17H2,1H3/b28-16-/t22-,23-,24+/m1/s1. The lowest BCUT2D eigenvalue weighted by molar-refractivity contribution is -0.384.